The van der Waals surface area contributed by atoms with E-state index in [0.717, 1.165) is 53.0 Å². The normalized spacial score (nSPS) is 17.0. The van der Waals surface area contributed by atoms with Gasteiger partial charge in [-0.15, -0.1) is 0 Å². The number of methoxy groups -OCH3 is 1. The van der Waals surface area contributed by atoms with Gasteiger partial charge in [0, 0.05) is 47.6 Å². The number of aromatic nitrogens is 1. The zero-order valence-corrected chi connectivity index (χ0v) is 27.8. The van der Waals surface area contributed by atoms with Crippen LogP contribution in [-0.2, 0) is 22.6 Å². The van der Waals surface area contributed by atoms with E-state index in [1.165, 1.54) is 42.0 Å². The quantitative estimate of drug-likeness (QED) is 0.192. The third-order valence-corrected chi connectivity index (χ3v) is 10.5. The first-order valence-electron chi connectivity index (χ1n) is 17.2. The molecule has 8 nitrogen and oxygen atoms in total. The molecule has 0 radical (unpaired) electrons. The van der Waals surface area contributed by atoms with Crippen LogP contribution in [0.1, 0.15) is 84.3 Å². The second-order valence-corrected chi connectivity index (χ2v) is 13.4. The van der Waals surface area contributed by atoms with E-state index in [9.17, 15) is 14.4 Å². The number of carbonyl (C=O) groups excluding carboxylic acids is 3. The highest BCUT2D eigenvalue weighted by atomic mass is 16.5. The standard InChI is InChI=1S/C40H43N3O5/c1-41-36(45)18-13-26-9-11-27(12-10-26)23-35(44)40(19-6-20-40)42-39(46)29-14-16-31-33(24-29)43-21-22-48-34-25-30(47-2)15-17-32(34)38(43)37(31)28-7-4-3-5-8-28/h9-18,24-25,28H,3-8,19-23H2,1-2H3,(H,41,45)(H,42,46)/b18-13+. The Hall–Kier alpha value is -4.85. The van der Waals surface area contributed by atoms with E-state index in [0.29, 0.717) is 37.5 Å². The third-order valence-electron chi connectivity index (χ3n) is 10.5. The van der Waals surface area contributed by atoms with Crippen molar-refractivity contribution in [2.45, 2.75) is 75.8 Å². The van der Waals surface area contributed by atoms with Gasteiger partial charge in [0.2, 0.25) is 5.91 Å². The summed E-state index contributed by atoms with van der Waals surface area (Å²) in [6.07, 6.45) is 11.6. The number of fused-ring (bicyclic) bond motifs is 5. The number of ether oxygens (including phenoxy) is 2. The lowest BCUT2D eigenvalue weighted by Gasteiger charge is -2.41. The van der Waals surface area contributed by atoms with Crippen molar-refractivity contribution in [3.63, 3.8) is 0 Å². The molecule has 3 aromatic carbocycles. The minimum Gasteiger partial charge on any atom is -0.497 e. The number of benzene rings is 3. The van der Waals surface area contributed by atoms with Crippen LogP contribution in [0.15, 0.2) is 66.7 Å². The fraction of sp³-hybridized carbons (Fsp3) is 0.375. The van der Waals surface area contributed by atoms with Gasteiger partial charge in [-0.2, -0.15) is 0 Å². The average molecular weight is 646 g/mol. The molecule has 2 fully saturated rings. The highest BCUT2D eigenvalue weighted by molar-refractivity contribution is 6.04. The summed E-state index contributed by atoms with van der Waals surface area (Å²) in [5, 5.41) is 6.94. The van der Waals surface area contributed by atoms with E-state index >= 15 is 0 Å². The van der Waals surface area contributed by atoms with Crippen LogP contribution in [0.2, 0.25) is 0 Å². The lowest BCUT2D eigenvalue weighted by atomic mass is 9.72. The van der Waals surface area contributed by atoms with Crippen molar-refractivity contribution in [1.82, 2.24) is 15.2 Å². The number of likely N-dealkylation sites (N-methyl/N-ethyl adjacent to an activating group) is 1. The van der Waals surface area contributed by atoms with Crippen molar-refractivity contribution in [1.29, 1.82) is 0 Å². The SMILES string of the molecule is CNC(=O)/C=C/c1ccc(CC(=O)C2(NC(=O)c3ccc4c(C5CCCCC5)c5n(c4c3)CCOc3cc(OC)ccc3-5)CCC2)cc1. The molecule has 2 N–H and O–H groups in total. The predicted molar refractivity (Wildman–Crippen MR) is 188 cm³/mol. The van der Waals surface area contributed by atoms with Crippen LogP contribution in [0.4, 0.5) is 0 Å². The molecule has 1 aromatic heterocycles. The summed E-state index contributed by atoms with van der Waals surface area (Å²) in [4.78, 5) is 39.1. The second kappa shape index (κ2) is 13.3. The van der Waals surface area contributed by atoms with Crippen molar-refractivity contribution in [3.05, 3.63) is 89.0 Å². The molecule has 7 rings (SSSR count). The Morgan fingerprint density at radius 2 is 1.77 bits per heavy atom. The molecular weight excluding hydrogens is 602 g/mol. The molecule has 48 heavy (non-hydrogen) atoms. The van der Waals surface area contributed by atoms with Gasteiger partial charge in [-0.1, -0.05) is 49.6 Å². The number of amides is 2. The van der Waals surface area contributed by atoms with Crippen molar-refractivity contribution >= 4 is 34.6 Å². The molecule has 0 spiro atoms. The summed E-state index contributed by atoms with van der Waals surface area (Å²) in [6.45, 7) is 1.18. The molecule has 0 unspecified atom stereocenters. The Labute approximate surface area is 281 Å². The fourth-order valence-electron chi connectivity index (χ4n) is 7.69. The summed E-state index contributed by atoms with van der Waals surface area (Å²) in [5.41, 5.74) is 6.09. The predicted octanol–water partition coefficient (Wildman–Crippen LogP) is 6.98. The number of nitrogens with one attached hydrogen (secondary N) is 2. The first kappa shape index (κ1) is 31.7. The van der Waals surface area contributed by atoms with Crippen molar-refractivity contribution < 1.29 is 23.9 Å². The lowest BCUT2D eigenvalue weighted by molar-refractivity contribution is -0.127. The summed E-state index contributed by atoms with van der Waals surface area (Å²) in [5.74, 6) is 1.67. The maximum Gasteiger partial charge on any atom is 0.252 e. The Balaban J connectivity index is 1.17. The highest BCUT2D eigenvalue weighted by Gasteiger charge is 2.45. The van der Waals surface area contributed by atoms with Crippen molar-refractivity contribution in [3.8, 4) is 22.8 Å². The van der Waals surface area contributed by atoms with Crippen LogP contribution in [0, 0.1) is 0 Å². The molecule has 2 aliphatic carbocycles. The highest BCUT2D eigenvalue weighted by Crippen LogP contribution is 2.48. The van der Waals surface area contributed by atoms with Gasteiger partial charge in [-0.05, 0) is 85.1 Å². The van der Waals surface area contributed by atoms with Crippen LogP contribution in [-0.4, -0.2) is 48.5 Å². The lowest BCUT2D eigenvalue weighted by Crippen LogP contribution is -2.59. The van der Waals surface area contributed by atoms with E-state index in [1.54, 1.807) is 20.2 Å². The number of nitrogens with zero attached hydrogens (tertiary/aromatic N) is 1. The Morgan fingerprint density at radius 3 is 2.48 bits per heavy atom. The topological polar surface area (TPSA) is 98.7 Å². The van der Waals surface area contributed by atoms with Crippen LogP contribution in [0.25, 0.3) is 28.2 Å². The van der Waals surface area contributed by atoms with E-state index < -0.39 is 5.54 Å². The van der Waals surface area contributed by atoms with E-state index in [-0.39, 0.29) is 24.0 Å². The Bertz CT molecular complexity index is 1890. The molecule has 8 heteroatoms. The summed E-state index contributed by atoms with van der Waals surface area (Å²) >= 11 is 0. The molecule has 1 aliphatic heterocycles. The fourth-order valence-corrected chi connectivity index (χ4v) is 7.69. The van der Waals surface area contributed by atoms with Gasteiger partial charge in [0.25, 0.3) is 5.91 Å². The second-order valence-electron chi connectivity index (χ2n) is 13.4. The number of hydrogen-bond acceptors (Lipinski definition) is 5. The van der Waals surface area contributed by atoms with Gasteiger partial charge < -0.3 is 24.7 Å². The maximum atomic E-state index is 13.9. The van der Waals surface area contributed by atoms with Crippen LogP contribution in [0.3, 0.4) is 0 Å². The van der Waals surface area contributed by atoms with Crippen LogP contribution >= 0.6 is 0 Å². The molecule has 3 aliphatic rings. The third kappa shape index (κ3) is 6.00. The zero-order chi connectivity index (χ0) is 33.3. The van der Waals surface area contributed by atoms with Gasteiger partial charge >= 0.3 is 0 Å². The molecule has 0 bridgehead atoms. The van der Waals surface area contributed by atoms with E-state index in [2.05, 4.69) is 27.3 Å². The largest absolute Gasteiger partial charge is 0.497 e. The summed E-state index contributed by atoms with van der Waals surface area (Å²) in [7, 11) is 3.26. The van der Waals surface area contributed by atoms with Crippen molar-refractivity contribution in [2.24, 2.45) is 0 Å². The molecule has 4 aromatic rings. The smallest absolute Gasteiger partial charge is 0.252 e. The van der Waals surface area contributed by atoms with Crippen LogP contribution in [0.5, 0.6) is 11.5 Å². The van der Waals surface area contributed by atoms with Crippen molar-refractivity contribution in [2.75, 3.05) is 20.8 Å². The molecule has 2 amide bonds. The number of rotatable bonds is 9. The first-order valence-corrected chi connectivity index (χ1v) is 17.2. The van der Waals surface area contributed by atoms with Gasteiger partial charge in [-0.25, -0.2) is 0 Å². The number of carbonyl (C=O) groups is 3. The van der Waals surface area contributed by atoms with E-state index in [4.69, 9.17) is 9.47 Å². The zero-order valence-electron chi connectivity index (χ0n) is 27.8. The Kier molecular flexibility index (Phi) is 8.82. The van der Waals surface area contributed by atoms with Gasteiger partial charge in [-0.3, -0.25) is 14.4 Å². The van der Waals surface area contributed by atoms with Gasteiger partial charge in [0.05, 0.1) is 24.9 Å². The van der Waals surface area contributed by atoms with Crippen LogP contribution < -0.4 is 20.1 Å². The maximum absolute atomic E-state index is 13.9. The number of Topliss-reactive ketones (excluding diaryl/α,β-unsaturated/α-hetero) is 1. The van der Waals surface area contributed by atoms with Gasteiger partial charge in [0.15, 0.2) is 5.78 Å². The molecule has 0 atom stereocenters. The summed E-state index contributed by atoms with van der Waals surface area (Å²) in [6, 6.07) is 19.7. The minimum atomic E-state index is -0.862. The summed E-state index contributed by atoms with van der Waals surface area (Å²) < 4.78 is 14.1. The average Bonchev–Trinajstić information content (AvgIpc) is 3.30. The Morgan fingerprint density at radius 1 is 0.979 bits per heavy atom. The molecular formula is C40H43N3O5. The minimum absolute atomic E-state index is 0.0251. The first-order chi connectivity index (χ1) is 23.4. The monoisotopic (exact) mass is 645 g/mol. The number of ketones is 1. The molecule has 2 heterocycles. The molecule has 2 saturated carbocycles. The van der Waals surface area contributed by atoms with E-state index in [1.807, 2.05) is 48.5 Å². The van der Waals surface area contributed by atoms with Gasteiger partial charge in [0.1, 0.15) is 18.1 Å². The number of hydrogen-bond donors (Lipinski definition) is 2. The molecule has 248 valence electrons. The molecule has 0 saturated heterocycles.